The Labute approximate surface area is 283 Å². The molecule has 2 aliphatic heterocycles. The van der Waals surface area contributed by atoms with Crippen LogP contribution >= 0.6 is 23.2 Å². The second-order valence-electron chi connectivity index (χ2n) is 13.2. The van der Waals surface area contributed by atoms with Crippen LogP contribution in [0.25, 0.3) is 0 Å². The van der Waals surface area contributed by atoms with Crippen LogP contribution in [0, 0.1) is 16.8 Å². The number of fused-ring (bicyclic) bond motifs is 2. The molecule has 0 fully saturated rings. The molecule has 0 radical (unpaired) electrons. The fraction of sp³-hybridized carbons (Fsp3) is 0.333. The van der Waals surface area contributed by atoms with Gasteiger partial charge in [-0.3, -0.25) is 14.6 Å². The Morgan fingerprint density at radius 1 is 0.766 bits per heavy atom. The van der Waals surface area contributed by atoms with Gasteiger partial charge in [0.15, 0.2) is 6.20 Å². The SMILES string of the molecule is CC1(C)CN(C(=O)CCl)c2cc(Cc3ccc(F)cc3)c[n+]([O-])c21.CC1(C)CN(C(=O)CCl)c2cc(Cc3ccc(F)cc3)cnc21. The molecule has 0 unspecified atom stereocenters. The smallest absolute Gasteiger partial charge is 0.242 e. The summed E-state index contributed by atoms with van der Waals surface area (Å²) in [4.78, 5) is 32.1. The number of pyridine rings is 2. The standard InChI is InChI=1S/C18H18ClFN2O2.C18H18ClFN2O/c1-18(2)11-21(16(23)9-19)15-8-13(10-22(24)17(15)18)7-12-3-5-14(20)6-4-12;1-18(2)11-22(16(23)9-19)15-8-13(10-21-17(15)18)7-12-3-5-14(20)6-4-12/h3-6,8,10H,7,9,11H2,1-2H3;3-6,8,10H,7,9,11H2,1-2H3. The number of carbonyl (C=O) groups is 2. The zero-order chi connectivity index (χ0) is 34.1. The van der Waals surface area contributed by atoms with Crippen LogP contribution in [0.2, 0.25) is 0 Å². The number of nitrogens with zero attached hydrogens (tertiary/aromatic N) is 4. The van der Waals surface area contributed by atoms with E-state index in [0.29, 0.717) is 37.3 Å². The molecule has 2 aromatic carbocycles. The average molecular weight is 682 g/mol. The largest absolute Gasteiger partial charge is 0.618 e. The first-order valence-electron chi connectivity index (χ1n) is 15.2. The van der Waals surface area contributed by atoms with Gasteiger partial charge < -0.3 is 15.0 Å². The molecule has 0 saturated carbocycles. The molecule has 0 N–H and O–H groups in total. The topological polar surface area (TPSA) is 80.5 Å². The van der Waals surface area contributed by atoms with E-state index in [1.54, 1.807) is 34.1 Å². The van der Waals surface area contributed by atoms with Gasteiger partial charge in [0.05, 0.1) is 16.8 Å². The number of alkyl halides is 2. The highest BCUT2D eigenvalue weighted by Crippen LogP contribution is 2.40. The van der Waals surface area contributed by atoms with Gasteiger partial charge in [0, 0.05) is 36.7 Å². The van der Waals surface area contributed by atoms with E-state index in [4.69, 9.17) is 23.2 Å². The van der Waals surface area contributed by atoms with Gasteiger partial charge in [-0.15, -0.1) is 23.2 Å². The summed E-state index contributed by atoms with van der Waals surface area (Å²) < 4.78 is 26.9. The Balaban J connectivity index is 0.000000185. The lowest BCUT2D eigenvalue weighted by Gasteiger charge is -2.19. The van der Waals surface area contributed by atoms with Crippen LogP contribution in [-0.4, -0.2) is 41.6 Å². The van der Waals surface area contributed by atoms with Crippen molar-refractivity contribution in [3.05, 3.63) is 124 Å². The first-order valence-corrected chi connectivity index (χ1v) is 16.3. The Bertz CT molecular complexity index is 1800. The van der Waals surface area contributed by atoms with Crippen LogP contribution in [-0.2, 0) is 33.3 Å². The van der Waals surface area contributed by atoms with Gasteiger partial charge in [0.2, 0.25) is 17.5 Å². The van der Waals surface area contributed by atoms with E-state index in [1.807, 2.05) is 32.2 Å². The van der Waals surface area contributed by atoms with Crippen molar-refractivity contribution in [2.75, 3.05) is 34.6 Å². The molecule has 0 saturated heterocycles. The summed E-state index contributed by atoms with van der Waals surface area (Å²) in [6.07, 6.45) is 4.49. The molecule has 6 rings (SSSR count). The minimum atomic E-state index is -0.437. The molecule has 246 valence electrons. The molecular weight excluding hydrogens is 645 g/mol. The van der Waals surface area contributed by atoms with E-state index in [0.717, 1.165) is 38.4 Å². The van der Waals surface area contributed by atoms with Crippen LogP contribution in [0.15, 0.2) is 73.1 Å². The Kier molecular flexibility index (Phi) is 9.89. The quantitative estimate of drug-likeness (QED) is 0.131. The summed E-state index contributed by atoms with van der Waals surface area (Å²) in [5, 5.41) is 12.5. The summed E-state index contributed by atoms with van der Waals surface area (Å²) in [7, 11) is 0. The lowest BCUT2D eigenvalue weighted by molar-refractivity contribution is -0.616. The third-order valence-electron chi connectivity index (χ3n) is 8.44. The number of hydrogen-bond acceptors (Lipinski definition) is 4. The predicted molar refractivity (Wildman–Crippen MR) is 180 cm³/mol. The van der Waals surface area contributed by atoms with Crippen LogP contribution in [0.1, 0.15) is 61.3 Å². The van der Waals surface area contributed by atoms with Gasteiger partial charge in [-0.25, -0.2) is 8.78 Å². The predicted octanol–water partition coefficient (Wildman–Crippen LogP) is 6.59. The van der Waals surface area contributed by atoms with Crippen molar-refractivity contribution in [1.82, 2.24) is 4.98 Å². The average Bonchev–Trinajstić information content (AvgIpc) is 3.47. The Morgan fingerprint density at radius 2 is 1.23 bits per heavy atom. The van der Waals surface area contributed by atoms with E-state index < -0.39 is 5.41 Å². The van der Waals surface area contributed by atoms with Crippen LogP contribution in [0.5, 0.6) is 0 Å². The highest BCUT2D eigenvalue weighted by molar-refractivity contribution is 6.30. The van der Waals surface area contributed by atoms with E-state index in [1.165, 1.54) is 30.5 Å². The Hall–Kier alpha value is -4.08. The van der Waals surface area contributed by atoms with Crippen LogP contribution in [0.4, 0.5) is 20.2 Å². The minimum absolute atomic E-state index is 0.0439. The van der Waals surface area contributed by atoms with Gasteiger partial charge in [0.25, 0.3) is 0 Å². The molecule has 0 aliphatic carbocycles. The molecule has 7 nitrogen and oxygen atoms in total. The van der Waals surface area contributed by atoms with Crippen LogP contribution < -0.4 is 14.5 Å². The molecule has 0 atom stereocenters. The lowest BCUT2D eigenvalue weighted by atomic mass is 9.91. The number of hydrogen-bond donors (Lipinski definition) is 0. The highest BCUT2D eigenvalue weighted by atomic mass is 35.5. The molecule has 4 heterocycles. The minimum Gasteiger partial charge on any atom is -0.618 e. The van der Waals surface area contributed by atoms with Crippen molar-refractivity contribution in [3.8, 4) is 0 Å². The molecule has 2 aromatic heterocycles. The first kappa shape index (κ1) is 34.3. The van der Waals surface area contributed by atoms with E-state index in [2.05, 4.69) is 18.8 Å². The third-order valence-corrected chi connectivity index (χ3v) is 8.89. The number of aromatic nitrogens is 2. The van der Waals surface area contributed by atoms with Gasteiger partial charge in [-0.05, 0) is 73.4 Å². The lowest BCUT2D eigenvalue weighted by Crippen LogP contribution is -2.39. The number of rotatable bonds is 6. The molecule has 11 heteroatoms. The van der Waals surface area contributed by atoms with Crippen molar-refractivity contribution in [3.63, 3.8) is 0 Å². The van der Waals surface area contributed by atoms with E-state index in [-0.39, 0.29) is 40.6 Å². The molecule has 2 amide bonds. The molecule has 47 heavy (non-hydrogen) atoms. The summed E-state index contributed by atoms with van der Waals surface area (Å²) in [5.41, 5.74) is 5.95. The fourth-order valence-electron chi connectivity index (χ4n) is 6.25. The maximum Gasteiger partial charge on any atom is 0.242 e. The molecule has 4 aromatic rings. The maximum atomic E-state index is 13.0. The van der Waals surface area contributed by atoms with Crippen molar-refractivity contribution in [2.24, 2.45) is 0 Å². The molecular formula is C36H36Cl2F2N4O3. The maximum absolute atomic E-state index is 13.0. The number of carbonyl (C=O) groups excluding carboxylic acids is 2. The fourth-order valence-corrected chi connectivity index (χ4v) is 6.54. The van der Waals surface area contributed by atoms with E-state index >= 15 is 0 Å². The van der Waals surface area contributed by atoms with Gasteiger partial charge >= 0.3 is 0 Å². The number of benzene rings is 2. The van der Waals surface area contributed by atoms with Gasteiger partial charge in [0.1, 0.15) is 29.1 Å². The zero-order valence-corrected chi connectivity index (χ0v) is 28.2. The van der Waals surface area contributed by atoms with Crippen molar-refractivity contribution >= 4 is 46.4 Å². The van der Waals surface area contributed by atoms with Crippen LogP contribution in [0.3, 0.4) is 0 Å². The van der Waals surface area contributed by atoms with E-state index in [9.17, 15) is 23.6 Å². The number of amides is 2. The summed E-state index contributed by atoms with van der Waals surface area (Å²) in [5.74, 6) is -1.05. The second kappa shape index (κ2) is 13.6. The monoisotopic (exact) mass is 680 g/mol. The Morgan fingerprint density at radius 3 is 1.77 bits per heavy atom. The molecule has 0 spiro atoms. The van der Waals surface area contributed by atoms with Gasteiger partial charge in [-0.2, -0.15) is 4.73 Å². The summed E-state index contributed by atoms with van der Waals surface area (Å²) in [6.45, 7) is 9.01. The third kappa shape index (κ3) is 7.41. The first-order chi connectivity index (χ1) is 22.2. The van der Waals surface area contributed by atoms with Crippen molar-refractivity contribution in [1.29, 1.82) is 0 Å². The second-order valence-corrected chi connectivity index (χ2v) is 13.8. The summed E-state index contributed by atoms with van der Waals surface area (Å²) in [6, 6.07) is 16.4. The molecule has 0 bridgehead atoms. The summed E-state index contributed by atoms with van der Waals surface area (Å²) >= 11 is 11.4. The van der Waals surface area contributed by atoms with Crippen molar-refractivity contribution < 1.29 is 23.1 Å². The normalized spacial score (nSPS) is 15.5. The highest BCUT2D eigenvalue weighted by Gasteiger charge is 2.45. The number of anilines is 2. The number of halogens is 4. The van der Waals surface area contributed by atoms with Crippen molar-refractivity contribution in [2.45, 2.75) is 51.4 Å². The molecule has 2 aliphatic rings. The van der Waals surface area contributed by atoms with Gasteiger partial charge in [-0.1, -0.05) is 38.1 Å². The zero-order valence-electron chi connectivity index (χ0n) is 26.7.